The Morgan fingerprint density at radius 3 is 2.32 bits per heavy atom. The molecule has 0 unspecified atom stereocenters. The molecule has 3 aromatic rings. The topological polar surface area (TPSA) is 122 Å². The molecule has 1 aliphatic heterocycles. The third-order valence-corrected chi connectivity index (χ3v) is 9.34. The molecule has 10 nitrogen and oxygen atoms in total. The van der Waals surface area contributed by atoms with Gasteiger partial charge in [-0.1, -0.05) is 12.1 Å². The fourth-order valence-electron chi connectivity index (χ4n) is 4.75. The quantitative estimate of drug-likeness (QED) is 0.194. The van der Waals surface area contributed by atoms with E-state index in [0.717, 1.165) is 31.5 Å². The van der Waals surface area contributed by atoms with Crippen LogP contribution in [0.25, 0.3) is 21.0 Å². The first-order valence-corrected chi connectivity index (χ1v) is 17.6. The van der Waals surface area contributed by atoms with Gasteiger partial charge < -0.3 is 19.7 Å². The van der Waals surface area contributed by atoms with E-state index in [2.05, 4.69) is 48.3 Å². The van der Waals surface area contributed by atoms with Crippen molar-refractivity contribution in [2.45, 2.75) is 96.9 Å². The Morgan fingerprint density at radius 1 is 1.02 bits per heavy atom. The zero-order valence-corrected chi connectivity index (χ0v) is 30.2. The molecule has 1 aliphatic rings. The molecule has 3 amide bonds. The third-order valence-electron chi connectivity index (χ3n) is 6.99. The maximum atomic E-state index is 13.1. The van der Waals surface area contributed by atoms with Gasteiger partial charge in [0.1, 0.15) is 10.6 Å². The molecule has 0 saturated carbocycles. The summed E-state index contributed by atoms with van der Waals surface area (Å²) in [4.78, 5) is 45.8. The first kappa shape index (κ1) is 36.2. The summed E-state index contributed by atoms with van der Waals surface area (Å²) in [7, 11) is 0. The van der Waals surface area contributed by atoms with Gasteiger partial charge in [0.25, 0.3) is 0 Å². The van der Waals surface area contributed by atoms with Crippen LogP contribution >= 0.6 is 23.3 Å². The van der Waals surface area contributed by atoms with Crippen LogP contribution in [0.15, 0.2) is 53.6 Å². The van der Waals surface area contributed by atoms with Crippen LogP contribution in [0.1, 0.15) is 73.8 Å². The van der Waals surface area contributed by atoms with E-state index in [4.69, 9.17) is 14.5 Å². The van der Waals surface area contributed by atoms with Crippen LogP contribution in [-0.2, 0) is 20.8 Å². The lowest BCUT2D eigenvalue weighted by Crippen LogP contribution is -2.44. The number of aromatic nitrogens is 1. The number of benzene rings is 2. The average molecular weight is 682 g/mol. The second-order valence-corrected chi connectivity index (χ2v) is 15.8. The summed E-state index contributed by atoms with van der Waals surface area (Å²) >= 11 is 3.16. The normalized spacial score (nSPS) is 14.2. The summed E-state index contributed by atoms with van der Waals surface area (Å²) in [5, 5.41) is 6.72. The summed E-state index contributed by atoms with van der Waals surface area (Å²) in [5.41, 5.74) is 2.99. The van der Waals surface area contributed by atoms with Crippen molar-refractivity contribution in [3.05, 3.63) is 54.2 Å². The molecule has 0 atom stereocenters. The van der Waals surface area contributed by atoms with Gasteiger partial charge in [-0.3, -0.25) is 14.8 Å². The number of nitrogens with one attached hydrogen (secondary N) is 3. The summed E-state index contributed by atoms with van der Waals surface area (Å²) < 4.78 is 14.2. The van der Waals surface area contributed by atoms with E-state index >= 15 is 0 Å². The fourth-order valence-corrected chi connectivity index (χ4v) is 6.69. The molecule has 4 rings (SSSR count). The average Bonchev–Trinajstić information content (AvgIpc) is 3.48. The number of carbonyl (C=O) groups is 3. The highest BCUT2D eigenvalue weighted by molar-refractivity contribution is 7.97. The van der Waals surface area contributed by atoms with E-state index in [1.165, 1.54) is 0 Å². The summed E-state index contributed by atoms with van der Waals surface area (Å²) in [6.07, 6.45) is 2.10. The highest BCUT2D eigenvalue weighted by Crippen LogP contribution is 2.38. The SMILES string of the molecule is CC(C)OC(=O)Nc1ccc(-c2ncc(-c3ccc(CNC(=O)C4CCN(C(=O)OC(C)(C)C)CC4)cc3SNC(C)(C)C)s2)cc1. The summed E-state index contributed by atoms with van der Waals surface area (Å²) in [6.45, 7) is 16.9. The molecule has 1 aromatic heterocycles. The molecule has 12 heteroatoms. The molecule has 0 spiro atoms. The number of likely N-dealkylation sites (tertiary alicyclic amines) is 1. The monoisotopic (exact) mass is 681 g/mol. The molecule has 2 aromatic carbocycles. The Morgan fingerprint density at radius 2 is 1.70 bits per heavy atom. The number of hydrogen-bond acceptors (Lipinski definition) is 9. The van der Waals surface area contributed by atoms with Crippen LogP contribution in [0.5, 0.6) is 0 Å². The molecular weight excluding hydrogens is 635 g/mol. The van der Waals surface area contributed by atoms with Crippen molar-refractivity contribution < 1.29 is 23.9 Å². The molecule has 254 valence electrons. The Labute approximate surface area is 286 Å². The van der Waals surface area contributed by atoms with Crippen molar-refractivity contribution in [2.75, 3.05) is 18.4 Å². The molecule has 2 heterocycles. The molecule has 0 bridgehead atoms. The van der Waals surface area contributed by atoms with Crippen molar-refractivity contribution in [3.8, 4) is 21.0 Å². The second-order valence-electron chi connectivity index (χ2n) is 13.9. The van der Waals surface area contributed by atoms with E-state index in [-0.39, 0.29) is 29.6 Å². The smallest absolute Gasteiger partial charge is 0.411 e. The molecule has 1 fully saturated rings. The zero-order valence-electron chi connectivity index (χ0n) is 28.6. The van der Waals surface area contributed by atoms with Gasteiger partial charge in [0.05, 0.1) is 11.0 Å². The van der Waals surface area contributed by atoms with Gasteiger partial charge in [-0.25, -0.2) is 14.6 Å². The van der Waals surface area contributed by atoms with Gasteiger partial charge in [0, 0.05) is 59.0 Å². The van der Waals surface area contributed by atoms with Crippen LogP contribution < -0.4 is 15.4 Å². The Balaban J connectivity index is 1.41. The first-order chi connectivity index (χ1) is 22.1. The molecule has 0 radical (unpaired) electrons. The predicted octanol–water partition coefficient (Wildman–Crippen LogP) is 8.09. The lowest BCUT2D eigenvalue weighted by Gasteiger charge is -2.32. The van der Waals surface area contributed by atoms with E-state index < -0.39 is 11.7 Å². The number of piperidine rings is 1. The van der Waals surface area contributed by atoms with E-state index in [9.17, 15) is 14.4 Å². The van der Waals surface area contributed by atoms with Gasteiger partial charge in [-0.15, -0.1) is 11.3 Å². The molecule has 1 saturated heterocycles. The maximum Gasteiger partial charge on any atom is 0.411 e. The zero-order chi connectivity index (χ0) is 34.4. The number of ether oxygens (including phenoxy) is 2. The lowest BCUT2D eigenvalue weighted by molar-refractivity contribution is -0.126. The number of anilines is 1. The van der Waals surface area contributed by atoms with Gasteiger partial charge in [-0.2, -0.15) is 0 Å². The Kier molecular flexibility index (Phi) is 12.0. The standard InChI is InChI=1S/C35H47N5O5S2/c1-22(2)44-32(42)38-26-12-10-25(11-13-26)31-37-21-29(46-31)27-14-9-23(19-28(27)47-39-34(3,4)5)20-36-30(41)24-15-17-40(18-16-24)33(43)45-35(6,7)8/h9-14,19,21-22,24,39H,15-18,20H2,1-8H3,(H,36,41)(H,38,42). The van der Waals surface area contributed by atoms with Crippen LogP contribution in [-0.4, -0.2) is 58.3 Å². The van der Waals surface area contributed by atoms with Crippen LogP contribution in [0.2, 0.25) is 0 Å². The van der Waals surface area contributed by atoms with E-state index in [1.807, 2.05) is 57.3 Å². The van der Waals surface area contributed by atoms with Crippen LogP contribution in [0, 0.1) is 5.92 Å². The fraction of sp³-hybridized carbons (Fsp3) is 0.486. The van der Waals surface area contributed by atoms with Crippen molar-refractivity contribution >= 4 is 47.1 Å². The van der Waals surface area contributed by atoms with Gasteiger partial charge in [0.15, 0.2) is 0 Å². The second kappa shape index (κ2) is 15.5. The summed E-state index contributed by atoms with van der Waals surface area (Å²) in [5.74, 6) is -0.135. The highest BCUT2D eigenvalue weighted by Gasteiger charge is 2.30. The highest BCUT2D eigenvalue weighted by atomic mass is 32.2. The van der Waals surface area contributed by atoms with Crippen LogP contribution in [0.4, 0.5) is 15.3 Å². The number of thiazole rings is 1. The number of carbonyl (C=O) groups excluding carboxylic acids is 3. The van der Waals surface area contributed by atoms with Gasteiger partial charge in [-0.05, 0) is 116 Å². The van der Waals surface area contributed by atoms with E-state index in [1.54, 1.807) is 42.0 Å². The Hall–Kier alpha value is -3.61. The number of amides is 3. The molecule has 3 N–H and O–H groups in total. The van der Waals surface area contributed by atoms with E-state index in [0.29, 0.717) is 38.2 Å². The Bertz CT molecular complexity index is 1530. The number of rotatable bonds is 9. The first-order valence-electron chi connectivity index (χ1n) is 15.9. The minimum absolute atomic E-state index is 0.00469. The van der Waals surface area contributed by atoms with Crippen molar-refractivity contribution in [3.63, 3.8) is 0 Å². The maximum absolute atomic E-state index is 13.1. The lowest BCUT2D eigenvalue weighted by atomic mass is 9.96. The minimum Gasteiger partial charge on any atom is -0.447 e. The van der Waals surface area contributed by atoms with Crippen molar-refractivity contribution in [1.29, 1.82) is 0 Å². The third kappa shape index (κ3) is 11.3. The minimum atomic E-state index is -0.542. The number of nitrogens with zero attached hydrogens (tertiary/aromatic N) is 2. The van der Waals surface area contributed by atoms with Crippen LogP contribution in [0.3, 0.4) is 0 Å². The summed E-state index contributed by atoms with van der Waals surface area (Å²) in [6, 6.07) is 13.8. The molecule has 0 aliphatic carbocycles. The van der Waals surface area contributed by atoms with Crippen molar-refractivity contribution in [1.82, 2.24) is 19.9 Å². The largest absolute Gasteiger partial charge is 0.447 e. The molecule has 47 heavy (non-hydrogen) atoms. The predicted molar refractivity (Wildman–Crippen MR) is 189 cm³/mol. The number of hydrogen-bond donors (Lipinski definition) is 3. The van der Waals surface area contributed by atoms with Gasteiger partial charge in [0.2, 0.25) is 5.91 Å². The van der Waals surface area contributed by atoms with Gasteiger partial charge >= 0.3 is 12.2 Å². The van der Waals surface area contributed by atoms with Crippen molar-refractivity contribution in [2.24, 2.45) is 5.92 Å². The molecular formula is C35H47N5O5S2.